The average molecular weight is 446 g/mol. The van der Waals surface area contributed by atoms with Gasteiger partial charge in [0.1, 0.15) is 11.5 Å². The van der Waals surface area contributed by atoms with Crippen LogP contribution in [0, 0.1) is 0 Å². The number of benzene rings is 1. The SMILES string of the molecule is CC(C)N1CCC(N2CCN(Cc3ccc(-c4cccc(Cl)c4)o3)CC2CCO)CC1. The fraction of sp³-hybridized carbons (Fsp3) is 0.600. The first-order valence-corrected chi connectivity index (χ1v) is 12.1. The molecule has 2 fully saturated rings. The molecule has 4 rings (SSSR count). The Balaban J connectivity index is 1.36. The second kappa shape index (κ2) is 10.5. The molecule has 1 atom stereocenters. The number of hydrogen-bond donors (Lipinski definition) is 1. The molecular formula is C25H36ClN3O2. The quantitative estimate of drug-likeness (QED) is 0.686. The van der Waals surface area contributed by atoms with Gasteiger partial charge in [0, 0.05) is 55.0 Å². The fourth-order valence-corrected chi connectivity index (χ4v) is 5.37. The maximum absolute atomic E-state index is 9.69. The normalized spacial score (nSPS) is 22.4. The summed E-state index contributed by atoms with van der Waals surface area (Å²) in [5.41, 5.74) is 1.01. The lowest BCUT2D eigenvalue weighted by atomic mass is 9.97. The summed E-state index contributed by atoms with van der Waals surface area (Å²) in [6.07, 6.45) is 3.31. The summed E-state index contributed by atoms with van der Waals surface area (Å²) in [4.78, 5) is 7.74. The van der Waals surface area contributed by atoms with Crippen molar-refractivity contribution in [2.75, 3.05) is 39.3 Å². The highest BCUT2D eigenvalue weighted by Crippen LogP contribution is 2.27. The van der Waals surface area contributed by atoms with Gasteiger partial charge in [-0.25, -0.2) is 0 Å². The number of nitrogens with zero attached hydrogens (tertiary/aromatic N) is 3. The van der Waals surface area contributed by atoms with Gasteiger partial charge in [0.25, 0.3) is 0 Å². The summed E-state index contributed by atoms with van der Waals surface area (Å²) >= 11 is 6.13. The molecular weight excluding hydrogens is 410 g/mol. The van der Waals surface area contributed by atoms with Crippen LogP contribution in [-0.4, -0.2) is 77.3 Å². The van der Waals surface area contributed by atoms with Crippen LogP contribution in [0.5, 0.6) is 0 Å². The van der Waals surface area contributed by atoms with Crippen molar-refractivity contribution in [2.45, 2.75) is 57.8 Å². The van der Waals surface area contributed by atoms with Crippen molar-refractivity contribution in [1.29, 1.82) is 0 Å². The zero-order valence-electron chi connectivity index (χ0n) is 18.8. The van der Waals surface area contributed by atoms with E-state index in [-0.39, 0.29) is 6.61 Å². The maximum atomic E-state index is 9.69. The third-order valence-corrected chi connectivity index (χ3v) is 7.16. The molecule has 1 aromatic carbocycles. The van der Waals surface area contributed by atoms with E-state index in [1.807, 2.05) is 30.3 Å². The summed E-state index contributed by atoms with van der Waals surface area (Å²) in [5, 5.41) is 10.4. The largest absolute Gasteiger partial charge is 0.460 e. The molecule has 2 aliphatic heterocycles. The smallest absolute Gasteiger partial charge is 0.134 e. The third-order valence-electron chi connectivity index (χ3n) is 6.92. The monoisotopic (exact) mass is 445 g/mol. The summed E-state index contributed by atoms with van der Waals surface area (Å²) in [5.74, 6) is 1.84. The standard InChI is InChI=1S/C25H36ClN3O2/c1-19(2)28-11-8-22(9-12-28)29-14-13-27(17-23(29)10-15-30)18-24-6-7-25(31-24)20-4-3-5-21(26)16-20/h3-7,16,19,22-23,30H,8-15,17-18H2,1-2H3. The highest BCUT2D eigenvalue weighted by atomic mass is 35.5. The van der Waals surface area contributed by atoms with E-state index in [2.05, 4.69) is 34.6 Å². The molecule has 2 aliphatic rings. The van der Waals surface area contributed by atoms with E-state index in [0.29, 0.717) is 18.1 Å². The van der Waals surface area contributed by atoms with Gasteiger partial charge in [-0.3, -0.25) is 9.80 Å². The topological polar surface area (TPSA) is 43.1 Å². The lowest BCUT2D eigenvalue weighted by Crippen LogP contribution is -2.58. The number of aliphatic hydroxyl groups excluding tert-OH is 1. The molecule has 1 N–H and O–H groups in total. The molecule has 0 aliphatic carbocycles. The van der Waals surface area contributed by atoms with Crippen LogP contribution in [0.3, 0.4) is 0 Å². The Morgan fingerprint density at radius 2 is 1.90 bits per heavy atom. The van der Waals surface area contributed by atoms with Crippen LogP contribution >= 0.6 is 11.6 Å². The zero-order chi connectivity index (χ0) is 21.8. The minimum Gasteiger partial charge on any atom is -0.460 e. The van der Waals surface area contributed by atoms with Crippen LogP contribution < -0.4 is 0 Å². The minimum absolute atomic E-state index is 0.250. The molecule has 6 heteroatoms. The van der Waals surface area contributed by atoms with Crippen LogP contribution in [0.2, 0.25) is 5.02 Å². The van der Waals surface area contributed by atoms with Crippen LogP contribution in [0.1, 0.15) is 38.9 Å². The van der Waals surface area contributed by atoms with Crippen molar-refractivity contribution >= 4 is 11.6 Å². The molecule has 0 radical (unpaired) electrons. The molecule has 0 spiro atoms. The second-order valence-corrected chi connectivity index (χ2v) is 9.71. The molecule has 31 heavy (non-hydrogen) atoms. The zero-order valence-corrected chi connectivity index (χ0v) is 19.6. The molecule has 3 heterocycles. The molecule has 0 saturated carbocycles. The first kappa shape index (κ1) is 22.8. The Bertz CT molecular complexity index is 832. The van der Waals surface area contributed by atoms with Crippen LogP contribution in [0.25, 0.3) is 11.3 Å². The summed E-state index contributed by atoms with van der Waals surface area (Å²) < 4.78 is 6.13. The van der Waals surface area contributed by atoms with Crippen LogP contribution in [0.4, 0.5) is 0 Å². The minimum atomic E-state index is 0.250. The van der Waals surface area contributed by atoms with Crippen molar-refractivity contribution in [3.63, 3.8) is 0 Å². The van der Waals surface area contributed by atoms with Crippen LogP contribution in [0.15, 0.2) is 40.8 Å². The molecule has 2 saturated heterocycles. The second-order valence-electron chi connectivity index (χ2n) is 9.28. The number of rotatable bonds is 7. The van der Waals surface area contributed by atoms with Gasteiger partial charge in [-0.1, -0.05) is 23.7 Å². The number of aliphatic hydroxyl groups is 1. The van der Waals surface area contributed by atoms with Crippen molar-refractivity contribution in [3.8, 4) is 11.3 Å². The molecule has 170 valence electrons. The molecule has 0 amide bonds. The van der Waals surface area contributed by atoms with Gasteiger partial charge in [-0.2, -0.15) is 0 Å². The van der Waals surface area contributed by atoms with E-state index in [9.17, 15) is 5.11 Å². The Morgan fingerprint density at radius 1 is 1.10 bits per heavy atom. The lowest BCUT2D eigenvalue weighted by Gasteiger charge is -2.48. The summed E-state index contributed by atoms with van der Waals surface area (Å²) in [7, 11) is 0. The number of hydrogen-bond acceptors (Lipinski definition) is 5. The van der Waals surface area contributed by atoms with E-state index in [4.69, 9.17) is 16.0 Å². The van der Waals surface area contributed by atoms with Crippen molar-refractivity contribution in [3.05, 3.63) is 47.2 Å². The van der Waals surface area contributed by atoms with Gasteiger partial charge < -0.3 is 14.4 Å². The number of halogens is 1. The molecule has 1 unspecified atom stereocenters. The van der Waals surface area contributed by atoms with Gasteiger partial charge in [-0.05, 0) is 70.5 Å². The van der Waals surface area contributed by atoms with Crippen molar-refractivity contribution in [2.24, 2.45) is 0 Å². The number of likely N-dealkylation sites (tertiary alicyclic amines) is 1. The van der Waals surface area contributed by atoms with Gasteiger partial charge in [-0.15, -0.1) is 0 Å². The first-order chi connectivity index (χ1) is 15.0. The first-order valence-electron chi connectivity index (χ1n) is 11.7. The Labute approximate surface area is 191 Å². The van der Waals surface area contributed by atoms with E-state index in [1.165, 1.54) is 25.9 Å². The van der Waals surface area contributed by atoms with Gasteiger partial charge in [0.2, 0.25) is 0 Å². The number of piperidine rings is 1. The summed E-state index contributed by atoms with van der Waals surface area (Å²) in [6, 6.07) is 13.6. The van der Waals surface area contributed by atoms with E-state index < -0.39 is 0 Å². The van der Waals surface area contributed by atoms with Gasteiger partial charge in [0.15, 0.2) is 0 Å². The van der Waals surface area contributed by atoms with Gasteiger partial charge >= 0.3 is 0 Å². The maximum Gasteiger partial charge on any atom is 0.134 e. The molecule has 0 bridgehead atoms. The Hall–Kier alpha value is -1.37. The van der Waals surface area contributed by atoms with Crippen LogP contribution in [-0.2, 0) is 6.54 Å². The molecule has 1 aromatic heterocycles. The predicted molar refractivity (Wildman–Crippen MR) is 126 cm³/mol. The molecule has 5 nitrogen and oxygen atoms in total. The average Bonchev–Trinajstić information content (AvgIpc) is 3.23. The third kappa shape index (κ3) is 5.71. The van der Waals surface area contributed by atoms with E-state index in [0.717, 1.165) is 54.7 Å². The summed E-state index contributed by atoms with van der Waals surface area (Å²) in [6.45, 7) is 11.1. The van der Waals surface area contributed by atoms with Crippen molar-refractivity contribution in [1.82, 2.24) is 14.7 Å². The highest BCUT2D eigenvalue weighted by Gasteiger charge is 2.34. The van der Waals surface area contributed by atoms with E-state index in [1.54, 1.807) is 0 Å². The highest BCUT2D eigenvalue weighted by molar-refractivity contribution is 6.30. The Kier molecular flexibility index (Phi) is 7.72. The van der Waals surface area contributed by atoms with E-state index >= 15 is 0 Å². The predicted octanol–water partition coefficient (Wildman–Crippen LogP) is 4.34. The Morgan fingerprint density at radius 3 is 2.61 bits per heavy atom. The lowest BCUT2D eigenvalue weighted by molar-refractivity contribution is -0.00156. The van der Waals surface area contributed by atoms with Gasteiger partial charge in [0.05, 0.1) is 6.54 Å². The number of piperazine rings is 1. The van der Waals surface area contributed by atoms with Crippen molar-refractivity contribution < 1.29 is 9.52 Å². The molecule has 2 aromatic rings. The fourth-order valence-electron chi connectivity index (χ4n) is 5.18. The number of furan rings is 1.